The first kappa shape index (κ1) is 13.4. The van der Waals surface area contributed by atoms with E-state index >= 15 is 0 Å². The number of aliphatic hydroxyl groups is 1. The molecule has 1 rings (SSSR count). The Balaban J connectivity index is 2.59. The Labute approximate surface area is 95.4 Å². The minimum Gasteiger partial charge on any atom is -0.387 e. The molecule has 1 saturated heterocycles. The van der Waals surface area contributed by atoms with E-state index in [1.807, 2.05) is 20.8 Å². The van der Waals surface area contributed by atoms with E-state index in [4.69, 9.17) is 9.84 Å². The number of likely N-dealkylation sites (tertiary alicyclic amines) is 1. The Hall–Kier alpha value is -0.680. The number of aliphatic hydroxyl groups excluding tert-OH is 1. The van der Waals surface area contributed by atoms with Crippen LogP contribution in [0, 0.1) is 0 Å². The summed E-state index contributed by atoms with van der Waals surface area (Å²) in [5.74, 6) is -0.418. The smallest absolute Gasteiger partial charge is 0.248 e. The van der Waals surface area contributed by atoms with Crippen LogP contribution in [0.25, 0.3) is 0 Å². The quantitative estimate of drug-likeness (QED) is 0.782. The van der Waals surface area contributed by atoms with E-state index in [1.54, 1.807) is 0 Å². The molecule has 1 aliphatic rings. The van der Waals surface area contributed by atoms with Crippen molar-refractivity contribution in [2.75, 3.05) is 13.2 Å². The van der Waals surface area contributed by atoms with Gasteiger partial charge in [0.2, 0.25) is 5.91 Å². The number of carbonyl (C=O) groups excluding carboxylic acids is 1. The van der Waals surface area contributed by atoms with Crippen molar-refractivity contribution >= 4 is 5.91 Å². The highest BCUT2D eigenvalue weighted by Gasteiger charge is 2.36. The summed E-state index contributed by atoms with van der Waals surface area (Å²) in [7, 11) is 0. The molecule has 3 atom stereocenters. The summed E-state index contributed by atoms with van der Waals surface area (Å²) in [6.07, 6.45) is -1.16. The molecule has 94 valence electrons. The Morgan fingerprint density at radius 3 is 2.75 bits per heavy atom. The maximum absolute atomic E-state index is 13.7. The molecule has 0 bridgehead atoms. The van der Waals surface area contributed by atoms with E-state index in [1.165, 1.54) is 4.90 Å². The maximum atomic E-state index is 13.7. The van der Waals surface area contributed by atoms with Crippen molar-refractivity contribution in [3.8, 4) is 0 Å². The number of hydrogen-bond acceptors (Lipinski definition) is 3. The van der Waals surface area contributed by atoms with Crippen LogP contribution in [-0.4, -0.2) is 53.5 Å². The summed E-state index contributed by atoms with van der Waals surface area (Å²) in [6, 6.07) is -0.0876. The van der Waals surface area contributed by atoms with Crippen LogP contribution in [0.2, 0.25) is 0 Å². The SMILES string of the molecule is CC(C)O[C@H]1C[C@H](C)N(C(=O)CO)C[C@@H]1F. The average molecular weight is 233 g/mol. The van der Waals surface area contributed by atoms with Crippen molar-refractivity contribution in [3.05, 3.63) is 0 Å². The second kappa shape index (κ2) is 5.59. The molecule has 0 saturated carbocycles. The highest BCUT2D eigenvalue weighted by molar-refractivity contribution is 5.77. The normalized spacial score (nSPS) is 30.9. The Morgan fingerprint density at radius 2 is 2.25 bits per heavy atom. The lowest BCUT2D eigenvalue weighted by Crippen LogP contribution is -2.53. The number of halogens is 1. The van der Waals surface area contributed by atoms with E-state index in [2.05, 4.69) is 0 Å². The van der Waals surface area contributed by atoms with E-state index in [-0.39, 0.29) is 18.7 Å². The fraction of sp³-hybridized carbons (Fsp3) is 0.909. The van der Waals surface area contributed by atoms with Crippen molar-refractivity contribution < 1.29 is 19.0 Å². The van der Waals surface area contributed by atoms with E-state index in [0.29, 0.717) is 6.42 Å². The van der Waals surface area contributed by atoms with Gasteiger partial charge in [-0.05, 0) is 27.2 Å². The van der Waals surface area contributed by atoms with Gasteiger partial charge in [-0.2, -0.15) is 0 Å². The Kier molecular flexibility index (Phi) is 4.68. The molecule has 1 N–H and O–H groups in total. The number of ether oxygens (including phenoxy) is 1. The summed E-state index contributed by atoms with van der Waals surface area (Å²) in [4.78, 5) is 12.7. The van der Waals surface area contributed by atoms with Crippen molar-refractivity contribution in [2.24, 2.45) is 0 Å². The first-order valence-electron chi connectivity index (χ1n) is 5.65. The van der Waals surface area contributed by atoms with Crippen LogP contribution in [0.1, 0.15) is 27.2 Å². The fourth-order valence-corrected chi connectivity index (χ4v) is 2.03. The molecule has 5 heteroatoms. The summed E-state index contributed by atoms with van der Waals surface area (Å²) in [5, 5.41) is 8.76. The Bertz CT molecular complexity index is 247. The number of nitrogens with zero attached hydrogens (tertiary/aromatic N) is 1. The van der Waals surface area contributed by atoms with Gasteiger partial charge in [-0.25, -0.2) is 4.39 Å². The molecule has 0 aromatic heterocycles. The van der Waals surface area contributed by atoms with Crippen molar-refractivity contribution in [3.63, 3.8) is 0 Å². The van der Waals surface area contributed by atoms with Gasteiger partial charge in [0, 0.05) is 6.04 Å². The number of piperidine rings is 1. The highest BCUT2D eigenvalue weighted by atomic mass is 19.1. The average Bonchev–Trinajstić information content (AvgIpc) is 2.21. The highest BCUT2D eigenvalue weighted by Crippen LogP contribution is 2.23. The summed E-state index contributed by atoms with van der Waals surface area (Å²) < 4.78 is 19.2. The lowest BCUT2D eigenvalue weighted by molar-refractivity contribution is -0.145. The first-order valence-corrected chi connectivity index (χ1v) is 5.65. The molecule has 0 aliphatic carbocycles. The van der Waals surface area contributed by atoms with Gasteiger partial charge in [-0.1, -0.05) is 0 Å². The van der Waals surface area contributed by atoms with Gasteiger partial charge in [0.25, 0.3) is 0 Å². The lowest BCUT2D eigenvalue weighted by Gasteiger charge is -2.39. The van der Waals surface area contributed by atoms with E-state index in [9.17, 15) is 9.18 Å². The van der Waals surface area contributed by atoms with Gasteiger partial charge in [0.15, 0.2) is 0 Å². The van der Waals surface area contributed by atoms with Crippen LogP contribution in [0.15, 0.2) is 0 Å². The summed E-state index contributed by atoms with van der Waals surface area (Å²) in [5.41, 5.74) is 0. The van der Waals surface area contributed by atoms with Crippen LogP contribution in [0.3, 0.4) is 0 Å². The zero-order valence-corrected chi connectivity index (χ0v) is 10.0. The molecule has 1 aliphatic heterocycles. The topological polar surface area (TPSA) is 49.8 Å². The van der Waals surface area contributed by atoms with Crippen molar-refractivity contribution in [1.82, 2.24) is 4.90 Å². The predicted molar refractivity (Wildman–Crippen MR) is 57.8 cm³/mol. The number of hydrogen-bond donors (Lipinski definition) is 1. The molecule has 0 aromatic rings. The van der Waals surface area contributed by atoms with E-state index in [0.717, 1.165) is 0 Å². The molecule has 1 heterocycles. The standard InChI is InChI=1S/C11H20FNO3/c1-7(2)16-10-4-8(3)13(5-9(10)12)11(15)6-14/h7-10,14H,4-6H2,1-3H3/t8-,9-,10-/m0/s1. The van der Waals surface area contributed by atoms with Crippen LogP contribution in [0.4, 0.5) is 4.39 Å². The van der Waals surface area contributed by atoms with Crippen molar-refractivity contribution in [1.29, 1.82) is 0 Å². The first-order chi connectivity index (χ1) is 7.45. The molecule has 1 fully saturated rings. The van der Waals surface area contributed by atoms with Crippen molar-refractivity contribution in [2.45, 2.75) is 51.6 Å². The zero-order valence-electron chi connectivity index (χ0n) is 10.0. The minimum absolute atomic E-state index is 0.0119. The third kappa shape index (κ3) is 3.15. The molecular formula is C11H20FNO3. The van der Waals surface area contributed by atoms with Gasteiger partial charge in [0.05, 0.1) is 18.8 Å². The maximum Gasteiger partial charge on any atom is 0.248 e. The number of amides is 1. The molecule has 16 heavy (non-hydrogen) atoms. The summed E-state index contributed by atoms with van der Waals surface area (Å²) >= 11 is 0. The summed E-state index contributed by atoms with van der Waals surface area (Å²) in [6.45, 7) is 5.02. The number of rotatable bonds is 3. The second-order valence-electron chi connectivity index (χ2n) is 4.53. The molecule has 0 spiro atoms. The van der Waals surface area contributed by atoms with Gasteiger partial charge >= 0.3 is 0 Å². The predicted octanol–water partition coefficient (Wildman–Crippen LogP) is 0.731. The molecule has 0 radical (unpaired) electrons. The van der Waals surface area contributed by atoms with Crippen LogP contribution >= 0.6 is 0 Å². The molecule has 4 nitrogen and oxygen atoms in total. The van der Waals surface area contributed by atoms with Crippen LogP contribution in [0.5, 0.6) is 0 Å². The largest absolute Gasteiger partial charge is 0.387 e. The van der Waals surface area contributed by atoms with Gasteiger partial charge in [0.1, 0.15) is 12.8 Å². The van der Waals surface area contributed by atoms with Gasteiger partial charge < -0.3 is 14.7 Å². The van der Waals surface area contributed by atoms with E-state index < -0.39 is 24.8 Å². The van der Waals surface area contributed by atoms with Gasteiger partial charge in [-0.3, -0.25) is 4.79 Å². The third-order valence-electron chi connectivity index (χ3n) is 2.78. The fourth-order valence-electron chi connectivity index (χ4n) is 2.03. The third-order valence-corrected chi connectivity index (χ3v) is 2.78. The van der Waals surface area contributed by atoms with Crippen LogP contribution in [-0.2, 0) is 9.53 Å². The molecule has 0 aromatic carbocycles. The minimum atomic E-state index is -1.17. The molecule has 1 amide bonds. The number of carbonyl (C=O) groups is 1. The van der Waals surface area contributed by atoms with Gasteiger partial charge in [-0.15, -0.1) is 0 Å². The lowest BCUT2D eigenvalue weighted by atomic mass is 9.99. The monoisotopic (exact) mass is 233 g/mol. The Morgan fingerprint density at radius 1 is 1.62 bits per heavy atom. The van der Waals surface area contributed by atoms with Crippen LogP contribution < -0.4 is 0 Å². The molecular weight excluding hydrogens is 213 g/mol. The zero-order chi connectivity index (χ0) is 12.3. The molecule has 0 unspecified atom stereocenters. The second-order valence-corrected chi connectivity index (χ2v) is 4.53. The number of alkyl halides is 1.